The van der Waals surface area contributed by atoms with Crippen LogP contribution in [0.2, 0.25) is 0 Å². The molecule has 2 rings (SSSR count). The van der Waals surface area contributed by atoms with Gasteiger partial charge in [0.05, 0.1) is 11.4 Å². The molecule has 2 heterocycles. The van der Waals surface area contributed by atoms with Gasteiger partial charge in [0.1, 0.15) is 0 Å². The van der Waals surface area contributed by atoms with E-state index in [4.69, 9.17) is 0 Å². The molecule has 1 aliphatic rings. The van der Waals surface area contributed by atoms with Gasteiger partial charge in [-0.05, 0) is 6.42 Å². The molecule has 1 N–H and O–H groups in total. The molecule has 3 heteroatoms. The van der Waals surface area contributed by atoms with Crippen LogP contribution in [-0.2, 0) is 26.6 Å². The smallest absolute Gasteiger partial charge is 0.0670 e. The number of nitrogens with one attached hydrogen (secondary N) is 1. The molecular formula is C8H13N3. The number of hydrogen-bond donors (Lipinski definition) is 1. The standard InChI is InChI=1S/C8H13N3/c1-3-7-6-4-9-5-8(6)11(2)10-7/h9H,3-5H2,1-2H3. The van der Waals surface area contributed by atoms with Gasteiger partial charge in [0.2, 0.25) is 0 Å². The summed E-state index contributed by atoms with van der Waals surface area (Å²) in [6.07, 6.45) is 1.05. The van der Waals surface area contributed by atoms with Crippen molar-refractivity contribution in [2.45, 2.75) is 26.4 Å². The summed E-state index contributed by atoms with van der Waals surface area (Å²) in [5.74, 6) is 0. The fourth-order valence-electron chi connectivity index (χ4n) is 1.68. The van der Waals surface area contributed by atoms with Gasteiger partial charge in [-0.3, -0.25) is 4.68 Å². The van der Waals surface area contributed by atoms with E-state index in [9.17, 15) is 0 Å². The molecule has 60 valence electrons. The highest BCUT2D eigenvalue weighted by Gasteiger charge is 2.18. The largest absolute Gasteiger partial charge is 0.307 e. The lowest BCUT2D eigenvalue weighted by molar-refractivity contribution is 0.656. The minimum absolute atomic E-state index is 0.985. The predicted octanol–water partition coefficient (Wildman–Crippen LogP) is 0.586. The summed E-state index contributed by atoms with van der Waals surface area (Å²) < 4.78 is 1.99. The Bertz CT molecular complexity index is 275. The third-order valence-electron chi connectivity index (χ3n) is 2.29. The molecule has 0 saturated heterocycles. The molecule has 0 fully saturated rings. The summed E-state index contributed by atoms with van der Waals surface area (Å²) in [6, 6.07) is 0. The van der Waals surface area contributed by atoms with Gasteiger partial charge >= 0.3 is 0 Å². The van der Waals surface area contributed by atoms with E-state index >= 15 is 0 Å². The SMILES string of the molecule is CCc1nn(C)c2c1CNC2. The minimum Gasteiger partial charge on any atom is -0.307 e. The fourth-order valence-corrected chi connectivity index (χ4v) is 1.68. The van der Waals surface area contributed by atoms with Gasteiger partial charge in [0.25, 0.3) is 0 Å². The van der Waals surface area contributed by atoms with Crippen molar-refractivity contribution in [2.75, 3.05) is 0 Å². The van der Waals surface area contributed by atoms with Gasteiger partial charge < -0.3 is 5.32 Å². The van der Waals surface area contributed by atoms with Crippen molar-refractivity contribution < 1.29 is 0 Å². The predicted molar refractivity (Wildman–Crippen MR) is 43.1 cm³/mol. The minimum atomic E-state index is 0.985. The quantitative estimate of drug-likeness (QED) is 0.636. The van der Waals surface area contributed by atoms with E-state index in [2.05, 4.69) is 17.3 Å². The van der Waals surface area contributed by atoms with Crippen molar-refractivity contribution in [1.29, 1.82) is 0 Å². The maximum absolute atomic E-state index is 4.43. The van der Waals surface area contributed by atoms with Crippen LogP contribution in [0.5, 0.6) is 0 Å². The summed E-state index contributed by atoms with van der Waals surface area (Å²) in [7, 11) is 2.02. The molecule has 3 nitrogen and oxygen atoms in total. The lowest BCUT2D eigenvalue weighted by Gasteiger charge is -1.94. The average molecular weight is 151 g/mol. The Kier molecular flexibility index (Phi) is 1.46. The zero-order chi connectivity index (χ0) is 7.84. The van der Waals surface area contributed by atoms with Crippen LogP contribution >= 0.6 is 0 Å². The zero-order valence-electron chi connectivity index (χ0n) is 7.02. The summed E-state index contributed by atoms with van der Waals surface area (Å²) in [5.41, 5.74) is 4.05. The molecule has 1 aromatic heterocycles. The van der Waals surface area contributed by atoms with Crippen molar-refractivity contribution in [2.24, 2.45) is 7.05 Å². The molecule has 0 amide bonds. The van der Waals surface area contributed by atoms with Crippen molar-refractivity contribution in [1.82, 2.24) is 15.1 Å². The van der Waals surface area contributed by atoms with Crippen LogP contribution in [0, 0.1) is 0 Å². The lowest BCUT2D eigenvalue weighted by Crippen LogP contribution is -2.06. The molecule has 0 unspecified atom stereocenters. The molecule has 0 aromatic carbocycles. The first-order valence-electron chi connectivity index (χ1n) is 4.07. The molecular weight excluding hydrogens is 138 g/mol. The number of fused-ring (bicyclic) bond motifs is 1. The van der Waals surface area contributed by atoms with Crippen LogP contribution < -0.4 is 5.32 Å². The normalized spacial score (nSPS) is 15.5. The van der Waals surface area contributed by atoms with E-state index in [-0.39, 0.29) is 0 Å². The van der Waals surface area contributed by atoms with E-state index in [0.717, 1.165) is 19.5 Å². The second kappa shape index (κ2) is 2.34. The Morgan fingerprint density at radius 1 is 1.55 bits per heavy atom. The summed E-state index contributed by atoms with van der Waals surface area (Å²) in [5, 5.41) is 7.75. The van der Waals surface area contributed by atoms with Crippen LogP contribution in [0.1, 0.15) is 23.9 Å². The van der Waals surface area contributed by atoms with E-state index in [1.807, 2.05) is 11.7 Å². The summed E-state index contributed by atoms with van der Waals surface area (Å²) in [6.45, 7) is 4.14. The van der Waals surface area contributed by atoms with E-state index in [1.54, 1.807) is 0 Å². The number of aryl methyl sites for hydroxylation is 2. The Hall–Kier alpha value is -0.830. The first kappa shape index (κ1) is 6.85. The lowest BCUT2D eigenvalue weighted by atomic mass is 10.2. The molecule has 1 aromatic rings. The number of rotatable bonds is 1. The molecule has 11 heavy (non-hydrogen) atoms. The number of hydrogen-bond acceptors (Lipinski definition) is 2. The summed E-state index contributed by atoms with van der Waals surface area (Å²) >= 11 is 0. The fraction of sp³-hybridized carbons (Fsp3) is 0.625. The van der Waals surface area contributed by atoms with Crippen molar-refractivity contribution in [3.8, 4) is 0 Å². The maximum Gasteiger partial charge on any atom is 0.0670 e. The topological polar surface area (TPSA) is 29.9 Å². The van der Waals surface area contributed by atoms with Crippen molar-refractivity contribution >= 4 is 0 Å². The first-order chi connectivity index (χ1) is 5.33. The van der Waals surface area contributed by atoms with Crippen molar-refractivity contribution in [3.05, 3.63) is 17.0 Å². The van der Waals surface area contributed by atoms with Crippen LogP contribution in [0.25, 0.3) is 0 Å². The van der Waals surface area contributed by atoms with E-state index in [1.165, 1.54) is 17.0 Å². The third-order valence-corrected chi connectivity index (χ3v) is 2.29. The second-order valence-electron chi connectivity index (χ2n) is 2.95. The highest BCUT2D eigenvalue weighted by Crippen LogP contribution is 2.18. The highest BCUT2D eigenvalue weighted by molar-refractivity contribution is 5.29. The first-order valence-corrected chi connectivity index (χ1v) is 4.07. The molecule has 0 spiro atoms. The maximum atomic E-state index is 4.43. The van der Waals surface area contributed by atoms with E-state index in [0.29, 0.717) is 0 Å². The number of aromatic nitrogens is 2. The van der Waals surface area contributed by atoms with Crippen LogP contribution in [-0.4, -0.2) is 9.78 Å². The summed E-state index contributed by atoms with van der Waals surface area (Å²) in [4.78, 5) is 0. The Labute approximate surface area is 66.4 Å². The Morgan fingerprint density at radius 3 is 3.09 bits per heavy atom. The Morgan fingerprint density at radius 2 is 2.36 bits per heavy atom. The van der Waals surface area contributed by atoms with Gasteiger partial charge in [-0.25, -0.2) is 0 Å². The van der Waals surface area contributed by atoms with Gasteiger partial charge in [-0.2, -0.15) is 5.10 Å². The van der Waals surface area contributed by atoms with Crippen LogP contribution in [0.3, 0.4) is 0 Å². The monoisotopic (exact) mass is 151 g/mol. The van der Waals surface area contributed by atoms with Crippen LogP contribution in [0.15, 0.2) is 0 Å². The zero-order valence-corrected chi connectivity index (χ0v) is 7.02. The molecule has 0 bridgehead atoms. The number of nitrogens with zero attached hydrogens (tertiary/aromatic N) is 2. The Balaban J connectivity index is 2.52. The molecule has 0 atom stereocenters. The molecule has 0 radical (unpaired) electrons. The second-order valence-corrected chi connectivity index (χ2v) is 2.95. The van der Waals surface area contributed by atoms with Crippen molar-refractivity contribution in [3.63, 3.8) is 0 Å². The highest BCUT2D eigenvalue weighted by atomic mass is 15.3. The molecule has 1 aliphatic heterocycles. The van der Waals surface area contributed by atoms with E-state index < -0.39 is 0 Å². The van der Waals surface area contributed by atoms with Gasteiger partial charge in [-0.1, -0.05) is 6.92 Å². The average Bonchev–Trinajstić information content (AvgIpc) is 2.54. The molecule has 0 saturated carbocycles. The molecule has 0 aliphatic carbocycles. The van der Waals surface area contributed by atoms with Gasteiger partial charge in [0.15, 0.2) is 0 Å². The van der Waals surface area contributed by atoms with Crippen LogP contribution in [0.4, 0.5) is 0 Å². The van der Waals surface area contributed by atoms with Gasteiger partial charge in [-0.15, -0.1) is 0 Å². The van der Waals surface area contributed by atoms with Gasteiger partial charge in [0, 0.05) is 25.7 Å². The third kappa shape index (κ3) is 0.878.